The lowest BCUT2D eigenvalue weighted by Crippen LogP contribution is -2.29. The van der Waals surface area contributed by atoms with Gasteiger partial charge in [-0.15, -0.1) is 6.58 Å². The molecule has 0 spiro atoms. The fourth-order valence-electron chi connectivity index (χ4n) is 2.60. The molecule has 2 heterocycles. The Kier molecular flexibility index (Phi) is 3.80. The zero-order valence-electron chi connectivity index (χ0n) is 11.7. The highest BCUT2D eigenvalue weighted by molar-refractivity contribution is 6.33. The number of allylic oxidation sites excluding steroid dienone is 1. The van der Waals surface area contributed by atoms with Gasteiger partial charge in [0, 0.05) is 6.42 Å². The van der Waals surface area contributed by atoms with Crippen molar-refractivity contribution in [3.63, 3.8) is 0 Å². The Morgan fingerprint density at radius 2 is 2.27 bits per heavy atom. The zero-order valence-corrected chi connectivity index (χ0v) is 12.5. The van der Waals surface area contributed by atoms with Gasteiger partial charge in [0.1, 0.15) is 23.3 Å². The number of aromatic nitrogens is 4. The number of hydrogen-bond donors (Lipinski definition) is 0. The number of fused-ring (bicyclic) bond motifs is 1. The molecule has 0 bridgehead atoms. The summed E-state index contributed by atoms with van der Waals surface area (Å²) in [5, 5.41) is 0.268. The van der Waals surface area contributed by atoms with Crippen molar-refractivity contribution >= 4 is 22.8 Å². The van der Waals surface area contributed by atoms with Gasteiger partial charge >= 0.3 is 0 Å². The average Bonchev–Trinajstić information content (AvgIpc) is 3.08. The van der Waals surface area contributed by atoms with Crippen molar-refractivity contribution in [3.8, 4) is 0 Å². The predicted molar refractivity (Wildman–Crippen MR) is 82.3 cm³/mol. The van der Waals surface area contributed by atoms with Gasteiger partial charge in [-0.3, -0.25) is 0 Å². The van der Waals surface area contributed by atoms with Crippen LogP contribution in [-0.4, -0.2) is 31.7 Å². The lowest BCUT2D eigenvalue weighted by atomic mass is 10.0. The number of imidazole rings is 1. The molecule has 1 aliphatic carbocycles. The molecule has 0 aromatic carbocycles. The van der Waals surface area contributed by atoms with Gasteiger partial charge in [-0.05, 0) is 6.08 Å². The number of nitrogens with zero attached hydrogens (tertiary/aromatic N) is 4. The van der Waals surface area contributed by atoms with E-state index in [9.17, 15) is 4.39 Å². The number of halogens is 2. The zero-order chi connectivity index (χ0) is 15.7. The molecule has 2 atom stereocenters. The number of hydrogen-bond acceptors (Lipinski definition) is 4. The monoisotopic (exact) mass is 320 g/mol. The summed E-state index contributed by atoms with van der Waals surface area (Å²) in [4.78, 5) is 12.3. The van der Waals surface area contributed by atoms with Crippen LogP contribution < -0.4 is 0 Å². The molecule has 22 heavy (non-hydrogen) atoms. The molecule has 3 rings (SSSR count). The van der Waals surface area contributed by atoms with E-state index < -0.39 is 5.60 Å². The smallest absolute Gasteiger partial charge is 0.165 e. The Morgan fingerprint density at radius 3 is 3.00 bits per heavy atom. The molecule has 0 amide bonds. The Labute approximate surface area is 131 Å². The van der Waals surface area contributed by atoms with E-state index in [1.54, 1.807) is 17.0 Å². The van der Waals surface area contributed by atoms with Crippen molar-refractivity contribution in [1.29, 1.82) is 0 Å². The summed E-state index contributed by atoms with van der Waals surface area (Å²) >= 11 is 5.99. The number of ether oxygens (including phenoxy) is 1. The Bertz CT molecular complexity index is 772. The molecule has 2 aromatic rings. The van der Waals surface area contributed by atoms with Gasteiger partial charge in [-0.1, -0.05) is 30.3 Å². The second kappa shape index (κ2) is 5.62. The van der Waals surface area contributed by atoms with Gasteiger partial charge < -0.3 is 9.30 Å². The lowest BCUT2D eigenvalue weighted by molar-refractivity contribution is 0.0190. The fraction of sp³-hybridized carbons (Fsp3) is 0.267. The van der Waals surface area contributed by atoms with Gasteiger partial charge in [0.2, 0.25) is 0 Å². The van der Waals surface area contributed by atoms with Crippen molar-refractivity contribution < 1.29 is 9.13 Å². The van der Waals surface area contributed by atoms with Crippen LogP contribution in [0.15, 0.2) is 49.9 Å². The van der Waals surface area contributed by atoms with Crippen LogP contribution in [0.2, 0.25) is 5.15 Å². The van der Waals surface area contributed by atoms with Crippen LogP contribution in [0.3, 0.4) is 0 Å². The molecule has 114 valence electrons. The molecule has 0 saturated carbocycles. The standard InChI is InChI=1S/C15H14ClFN4O/c1-3-5-22-15(4-2)7-10(6-11(15)17)21-9-20-12-13(16)18-8-19-14(12)21/h3-4,6,8-10H,1-2,5,7H2/t10-,15-/m0/s1. The first kappa shape index (κ1) is 14.9. The highest BCUT2D eigenvalue weighted by Crippen LogP contribution is 2.42. The highest BCUT2D eigenvalue weighted by atomic mass is 35.5. The van der Waals surface area contributed by atoms with Crippen molar-refractivity contribution in [2.75, 3.05) is 6.61 Å². The molecule has 0 aliphatic heterocycles. The normalized spacial score (nSPS) is 24.5. The van der Waals surface area contributed by atoms with Crippen LogP contribution >= 0.6 is 11.6 Å². The van der Waals surface area contributed by atoms with Crippen molar-refractivity contribution in [2.24, 2.45) is 0 Å². The first-order valence-electron chi connectivity index (χ1n) is 6.70. The first-order chi connectivity index (χ1) is 10.6. The second-order valence-electron chi connectivity index (χ2n) is 4.97. The van der Waals surface area contributed by atoms with Crippen molar-refractivity contribution in [1.82, 2.24) is 19.5 Å². The molecule has 0 saturated heterocycles. The van der Waals surface area contributed by atoms with E-state index in [1.807, 2.05) is 0 Å². The molecular weight excluding hydrogens is 307 g/mol. The molecular formula is C15H14ClFN4O. The average molecular weight is 321 g/mol. The van der Waals surface area contributed by atoms with E-state index in [4.69, 9.17) is 16.3 Å². The maximum atomic E-state index is 14.4. The summed E-state index contributed by atoms with van der Waals surface area (Å²) in [6.07, 6.45) is 7.83. The summed E-state index contributed by atoms with van der Waals surface area (Å²) in [6.45, 7) is 7.52. The predicted octanol–water partition coefficient (Wildman–Crippen LogP) is 3.41. The van der Waals surface area contributed by atoms with Crippen molar-refractivity contribution in [3.05, 3.63) is 55.0 Å². The van der Waals surface area contributed by atoms with E-state index in [2.05, 4.69) is 28.1 Å². The quantitative estimate of drug-likeness (QED) is 0.626. The SMILES string of the molecule is C=CCO[C@@]1(C=C)C[C@@H](n2cnc3c(Cl)ncnc32)C=C1F. The van der Waals surface area contributed by atoms with Crippen LogP contribution in [0, 0.1) is 0 Å². The second-order valence-corrected chi connectivity index (χ2v) is 5.33. The van der Waals surface area contributed by atoms with Crippen LogP contribution in [0.25, 0.3) is 11.2 Å². The molecule has 0 radical (unpaired) electrons. The summed E-state index contributed by atoms with van der Waals surface area (Å²) in [5.41, 5.74) is -0.106. The van der Waals surface area contributed by atoms with E-state index in [-0.39, 0.29) is 23.6 Å². The third kappa shape index (κ3) is 2.24. The summed E-state index contributed by atoms with van der Waals surface area (Å²) < 4.78 is 21.8. The van der Waals surface area contributed by atoms with Crippen molar-refractivity contribution in [2.45, 2.75) is 18.1 Å². The van der Waals surface area contributed by atoms with Crippen LogP contribution in [0.4, 0.5) is 4.39 Å². The Balaban J connectivity index is 1.98. The minimum atomic E-state index is -1.15. The van der Waals surface area contributed by atoms with Gasteiger partial charge in [0.05, 0.1) is 19.0 Å². The van der Waals surface area contributed by atoms with Gasteiger partial charge in [0.25, 0.3) is 0 Å². The lowest BCUT2D eigenvalue weighted by Gasteiger charge is -2.26. The molecule has 0 N–H and O–H groups in total. The third-order valence-corrected chi connectivity index (χ3v) is 3.99. The molecule has 1 aliphatic rings. The highest BCUT2D eigenvalue weighted by Gasteiger charge is 2.42. The minimum Gasteiger partial charge on any atom is -0.360 e. The minimum absolute atomic E-state index is 0.235. The van der Waals surface area contributed by atoms with Crippen LogP contribution in [0.1, 0.15) is 12.5 Å². The first-order valence-corrected chi connectivity index (χ1v) is 7.08. The topological polar surface area (TPSA) is 52.8 Å². The summed E-state index contributed by atoms with van der Waals surface area (Å²) in [7, 11) is 0. The molecule has 7 heteroatoms. The fourth-order valence-corrected chi connectivity index (χ4v) is 2.77. The molecule has 2 aromatic heterocycles. The van der Waals surface area contributed by atoms with E-state index in [0.717, 1.165) is 0 Å². The van der Waals surface area contributed by atoms with Crippen LogP contribution in [-0.2, 0) is 4.74 Å². The Morgan fingerprint density at radius 1 is 1.45 bits per heavy atom. The maximum Gasteiger partial charge on any atom is 0.165 e. The molecule has 0 unspecified atom stereocenters. The Hall–Kier alpha value is -2.05. The van der Waals surface area contributed by atoms with E-state index in [1.165, 1.54) is 18.5 Å². The van der Waals surface area contributed by atoms with Gasteiger partial charge in [-0.25, -0.2) is 19.3 Å². The largest absolute Gasteiger partial charge is 0.360 e. The van der Waals surface area contributed by atoms with Gasteiger partial charge in [0.15, 0.2) is 10.8 Å². The maximum absolute atomic E-state index is 14.4. The van der Waals surface area contributed by atoms with E-state index in [0.29, 0.717) is 17.6 Å². The summed E-state index contributed by atoms with van der Waals surface area (Å²) in [5.74, 6) is -0.378. The van der Waals surface area contributed by atoms with Crippen LogP contribution in [0.5, 0.6) is 0 Å². The molecule has 5 nitrogen and oxygen atoms in total. The molecule has 0 fully saturated rings. The number of rotatable bonds is 5. The van der Waals surface area contributed by atoms with E-state index >= 15 is 0 Å². The summed E-state index contributed by atoms with van der Waals surface area (Å²) in [6, 6.07) is -0.293. The third-order valence-electron chi connectivity index (χ3n) is 3.72. The van der Waals surface area contributed by atoms with Gasteiger partial charge in [-0.2, -0.15) is 0 Å².